The van der Waals surface area contributed by atoms with Gasteiger partial charge in [-0.3, -0.25) is 4.79 Å². The Morgan fingerprint density at radius 3 is 2.38 bits per heavy atom. The van der Waals surface area contributed by atoms with E-state index in [-0.39, 0.29) is 11.9 Å². The number of hydrogen-bond acceptors (Lipinski definition) is 2. The molecule has 1 aliphatic rings. The van der Waals surface area contributed by atoms with E-state index in [0.29, 0.717) is 25.2 Å². The number of nitrogens with zero attached hydrogens (tertiary/aromatic N) is 2. The second-order valence-electron chi connectivity index (χ2n) is 6.61. The van der Waals surface area contributed by atoms with Crippen molar-refractivity contribution >= 4 is 11.6 Å². The van der Waals surface area contributed by atoms with Crippen molar-refractivity contribution in [2.45, 2.75) is 13.0 Å². The van der Waals surface area contributed by atoms with Crippen molar-refractivity contribution in [2.75, 3.05) is 37.6 Å². The summed E-state index contributed by atoms with van der Waals surface area (Å²) in [4.78, 5) is 16.6. The molecule has 0 aliphatic carbocycles. The molecule has 1 aliphatic heterocycles. The second-order valence-corrected chi connectivity index (χ2v) is 6.61. The van der Waals surface area contributed by atoms with Crippen LogP contribution in [0.2, 0.25) is 0 Å². The van der Waals surface area contributed by atoms with E-state index in [2.05, 4.69) is 17.0 Å². The molecule has 1 saturated heterocycles. The predicted molar refractivity (Wildman–Crippen MR) is 96.8 cm³/mol. The molecule has 1 fully saturated rings. The minimum absolute atomic E-state index is 0.0761. The Bertz CT molecular complexity index is 746. The zero-order chi connectivity index (χ0) is 18.5. The monoisotopic (exact) mass is 360 g/mol. The molecular weight excluding hydrogens is 336 g/mol. The third kappa shape index (κ3) is 4.38. The van der Waals surface area contributed by atoms with Crippen LogP contribution in [0.3, 0.4) is 0 Å². The molecule has 0 spiro atoms. The number of carbonyl (C=O) groups excluding carboxylic acids is 1. The van der Waals surface area contributed by atoms with E-state index in [4.69, 9.17) is 0 Å². The molecule has 138 valence electrons. The lowest BCUT2D eigenvalue weighted by Crippen LogP contribution is -2.87. The van der Waals surface area contributed by atoms with Crippen molar-refractivity contribution in [3.8, 4) is 0 Å². The van der Waals surface area contributed by atoms with Gasteiger partial charge in [-0.25, -0.2) is 8.78 Å². The number of benzene rings is 2. The van der Waals surface area contributed by atoms with Gasteiger partial charge in [0, 0.05) is 37.4 Å². The molecule has 0 radical (unpaired) electrons. The van der Waals surface area contributed by atoms with Crippen molar-refractivity contribution in [1.29, 1.82) is 0 Å². The van der Waals surface area contributed by atoms with Crippen molar-refractivity contribution in [3.63, 3.8) is 0 Å². The molecule has 26 heavy (non-hydrogen) atoms. The van der Waals surface area contributed by atoms with E-state index in [0.717, 1.165) is 19.2 Å². The summed E-state index contributed by atoms with van der Waals surface area (Å²) >= 11 is 0. The Balaban J connectivity index is 1.47. The number of rotatable bonds is 5. The van der Waals surface area contributed by atoms with Crippen LogP contribution in [-0.4, -0.2) is 43.5 Å². The molecular formula is C20H24F2N3O+. The topological polar surface area (TPSA) is 40.2 Å². The maximum Gasteiger partial charge on any atom is 0.277 e. The smallest absolute Gasteiger partial charge is 0.277 e. The standard InChI is InChI=1S/C20H23F2N3O/c1-15(16-7-8-18(21)19(22)13-16)23-14-20(26)25-11-9-24(10-12-25)17-5-3-2-4-6-17/h2-8,13,15,23H,9-12,14H2,1H3/p+1/t15-/m1/s1. The van der Waals surface area contributed by atoms with Gasteiger partial charge in [-0.15, -0.1) is 0 Å². The van der Waals surface area contributed by atoms with Gasteiger partial charge in [0.1, 0.15) is 6.04 Å². The van der Waals surface area contributed by atoms with Gasteiger partial charge in [0.2, 0.25) is 0 Å². The number of para-hydroxylation sites is 1. The van der Waals surface area contributed by atoms with Crippen LogP contribution in [0.4, 0.5) is 14.5 Å². The number of amides is 1. The van der Waals surface area contributed by atoms with E-state index < -0.39 is 11.6 Å². The molecule has 0 saturated carbocycles. The van der Waals surface area contributed by atoms with Crippen LogP contribution in [0.15, 0.2) is 48.5 Å². The molecule has 1 atom stereocenters. The molecule has 0 bridgehead atoms. The number of anilines is 1. The normalized spacial score (nSPS) is 15.8. The fourth-order valence-electron chi connectivity index (χ4n) is 3.19. The van der Waals surface area contributed by atoms with Crippen LogP contribution in [0.1, 0.15) is 18.5 Å². The summed E-state index contributed by atoms with van der Waals surface area (Å²) in [6, 6.07) is 13.9. The fourth-order valence-corrected chi connectivity index (χ4v) is 3.19. The lowest BCUT2D eigenvalue weighted by Gasteiger charge is -2.35. The molecule has 2 aromatic rings. The number of carbonyl (C=O) groups is 1. The largest absolute Gasteiger partial charge is 0.368 e. The molecule has 0 aromatic heterocycles. The number of piperazine rings is 1. The highest BCUT2D eigenvalue weighted by atomic mass is 19.2. The van der Waals surface area contributed by atoms with Crippen LogP contribution in [0, 0.1) is 11.6 Å². The molecule has 2 aromatic carbocycles. The molecule has 4 nitrogen and oxygen atoms in total. The van der Waals surface area contributed by atoms with Crippen molar-refractivity contribution < 1.29 is 18.9 Å². The quantitative estimate of drug-likeness (QED) is 0.885. The first-order valence-corrected chi connectivity index (χ1v) is 8.90. The zero-order valence-electron chi connectivity index (χ0n) is 14.9. The Labute approximate surface area is 152 Å². The summed E-state index contributed by atoms with van der Waals surface area (Å²) in [5.74, 6) is -1.63. The van der Waals surface area contributed by atoms with Gasteiger partial charge in [-0.1, -0.05) is 18.2 Å². The van der Waals surface area contributed by atoms with Gasteiger partial charge in [0.25, 0.3) is 5.91 Å². The van der Waals surface area contributed by atoms with E-state index in [1.807, 2.05) is 35.3 Å². The summed E-state index contributed by atoms with van der Waals surface area (Å²) in [6.45, 7) is 5.20. The molecule has 0 unspecified atom stereocenters. The molecule has 1 amide bonds. The van der Waals surface area contributed by atoms with Gasteiger partial charge < -0.3 is 15.1 Å². The number of nitrogens with two attached hydrogens (primary N) is 1. The zero-order valence-corrected chi connectivity index (χ0v) is 14.9. The Hall–Kier alpha value is -2.47. The van der Waals surface area contributed by atoms with Gasteiger partial charge in [0.05, 0.1) is 0 Å². The lowest BCUT2D eigenvalue weighted by atomic mass is 10.1. The van der Waals surface area contributed by atoms with Crippen molar-refractivity contribution in [2.24, 2.45) is 0 Å². The molecule has 2 N–H and O–H groups in total. The molecule has 3 rings (SSSR count). The van der Waals surface area contributed by atoms with E-state index in [1.165, 1.54) is 11.8 Å². The maximum absolute atomic E-state index is 13.3. The van der Waals surface area contributed by atoms with Crippen LogP contribution >= 0.6 is 0 Å². The average molecular weight is 360 g/mol. The fraction of sp³-hybridized carbons (Fsp3) is 0.350. The first kappa shape index (κ1) is 18.3. The summed E-state index contributed by atoms with van der Waals surface area (Å²) in [5, 5.41) is 1.86. The van der Waals surface area contributed by atoms with Gasteiger partial charge in [0.15, 0.2) is 18.2 Å². The number of hydrogen-bond donors (Lipinski definition) is 1. The summed E-state index contributed by atoms with van der Waals surface area (Å²) in [6.07, 6.45) is 0. The second kappa shape index (κ2) is 8.27. The number of quaternary nitrogens is 1. The Kier molecular flexibility index (Phi) is 5.83. The van der Waals surface area contributed by atoms with E-state index in [9.17, 15) is 13.6 Å². The summed E-state index contributed by atoms with van der Waals surface area (Å²) in [7, 11) is 0. The SMILES string of the molecule is C[C@@H]([NH2+]CC(=O)N1CCN(c2ccccc2)CC1)c1ccc(F)c(F)c1. The Morgan fingerprint density at radius 2 is 1.73 bits per heavy atom. The van der Waals surface area contributed by atoms with E-state index in [1.54, 1.807) is 6.07 Å². The van der Waals surface area contributed by atoms with E-state index >= 15 is 0 Å². The first-order chi connectivity index (χ1) is 12.5. The number of halogens is 2. The summed E-state index contributed by atoms with van der Waals surface area (Å²) in [5.41, 5.74) is 1.85. The third-order valence-corrected chi connectivity index (χ3v) is 4.87. The third-order valence-electron chi connectivity index (χ3n) is 4.87. The highest BCUT2D eigenvalue weighted by Crippen LogP contribution is 2.16. The predicted octanol–water partition coefficient (Wildman–Crippen LogP) is 1.94. The van der Waals surface area contributed by atoms with Gasteiger partial charge >= 0.3 is 0 Å². The van der Waals surface area contributed by atoms with Crippen LogP contribution in [-0.2, 0) is 4.79 Å². The average Bonchev–Trinajstić information content (AvgIpc) is 2.68. The van der Waals surface area contributed by atoms with Crippen LogP contribution < -0.4 is 10.2 Å². The van der Waals surface area contributed by atoms with Gasteiger partial charge in [-0.2, -0.15) is 0 Å². The van der Waals surface area contributed by atoms with Crippen molar-refractivity contribution in [3.05, 3.63) is 65.7 Å². The van der Waals surface area contributed by atoms with Gasteiger partial charge in [-0.05, 0) is 37.3 Å². The highest BCUT2D eigenvalue weighted by Gasteiger charge is 2.23. The first-order valence-electron chi connectivity index (χ1n) is 8.90. The summed E-state index contributed by atoms with van der Waals surface area (Å²) < 4.78 is 26.4. The minimum atomic E-state index is -0.855. The minimum Gasteiger partial charge on any atom is -0.368 e. The Morgan fingerprint density at radius 1 is 1.04 bits per heavy atom. The maximum atomic E-state index is 13.3. The lowest BCUT2D eigenvalue weighted by molar-refractivity contribution is -0.683. The molecule has 1 heterocycles. The molecule has 6 heteroatoms. The van der Waals surface area contributed by atoms with Crippen LogP contribution in [0.5, 0.6) is 0 Å². The highest BCUT2D eigenvalue weighted by molar-refractivity contribution is 5.77. The van der Waals surface area contributed by atoms with Crippen molar-refractivity contribution in [1.82, 2.24) is 4.90 Å². The van der Waals surface area contributed by atoms with Crippen LogP contribution in [0.25, 0.3) is 0 Å².